The van der Waals surface area contributed by atoms with E-state index in [4.69, 9.17) is 0 Å². The molecule has 0 unspecified atom stereocenters. The number of nitrogens with zero attached hydrogens (tertiary/aromatic N) is 2. The van der Waals surface area contributed by atoms with Gasteiger partial charge >= 0.3 is 0 Å². The Hall–Kier alpha value is -2.92. The summed E-state index contributed by atoms with van der Waals surface area (Å²) >= 11 is 1.63. The van der Waals surface area contributed by atoms with E-state index in [1.165, 1.54) is 5.56 Å². The largest absolute Gasteiger partial charge is 0.341 e. The zero-order valence-corrected chi connectivity index (χ0v) is 20.0. The fourth-order valence-corrected chi connectivity index (χ4v) is 6.26. The summed E-state index contributed by atoms with van der Waals surface area (Å²) in [7, 11) is 0. The number of carbonyl (C=O) groups is 2. The Morgan fingerprint density at radius 1 is 1.03 bits per heavy atom. The Labute approximate surface area is 199 Å². The summed E-state index contributed by atoms with van der Waals surface area (Å²) in [5.41, 5.74) is 2.83. The third-order valence-electron chi connectivity index (χ3n) is 6.87. The maximum absolute atomic E-state index is 14.2. The molecule has 5 rings (SSSR count). The molecular formula is C28H30N2O2S. The third kappa shape index (κ3) is 4.10. The molecule has 3 atom stereocenters. The molecule has 3 aromatic rings. The molecular weight excluding hydrogens is 428 g/mol. The molecule has 2 aliphatic rings. The Morgan fingerprint density at radius 2 is 1.79 bits per heavy atom. The van der Waals surface area contributed by atoms with Crippen LogP contribution in [0.3, 0.4) is 0 Å². The second-order valence-electron chi connectivity index (χ2n) is 9.56. The highest BCUT2D eigenvalue weighted by atomic mass is 32.1. The van der Waals surface area contributed by atoms with Crippen molar-refractivity contribution in [2.75, 3.05) is 19.6 Å². The molecule has 170 valence electrons. The lowest BCUT2D eigenvalue weighted by atomic mass is 9.80. The van der Waals surface area contributed by atoms with Gasteiger partial charge in [0.05, 0.1) is 12.0 Å². The highest BCUT2D eigenvalue weighted by molar-refractivity contribution is 7.10. The minimum Gasteiger partial charge on any atom is -0.341 e. The van der Waals surface area contributed by atoms with Gasteiger partial charge < -0.3 is 9.80 Å². The molecule has 1 aromatic heterocycles. The predicted octanol–water partition coefficient (Wildman–Crippen LogP) is 5.70. The first kappa shape index (κ1) is 21.9. The molecule has 2 amide bonds. The van der Waals surface area contributed by atoms with Gasteiger partial charge in [0, 0.05) is 36.0 Å². The van der Waals surface area contributed by atoms with Gasteiger partial charge in [-0.1, -0.05) is 68.4 Å². The molecule has 0 saturated carbocycles. The first-order chi connectivity index (χ1) is 16.0. The molecule has 5 heteroatoms. The fraction of sp³-hybridized carbons (Fsp3) is 0.357. The van der Waals surface area contributed by atoms with Crippen LogP contribution in [0.4, 0.5) is 0 Å². The van der Waals surface area contributed by atoms with Crippen LogP contribution in [-0.4, -0.2) is 41.2 Å². The molecule has 1 saturated heterocycles. The van der Waals surface area contributed by atoms with Crippen LogP contribution in [0.15, 0.2) is 72.1 Å². The van der Waals surface area contributed by atoms with Gasteiger partial charge in [0.2, 0.25) is 5.91 Å². The monoisotopic (exact) mass is 458 g/mol. The van der Waals surface area contributed by atoms with Crippen molar-refractivity contribution in [3.8, 4) is 0 Å². The van der Waals surface area contributed by atoms with Crippen molar-refractivity contribution in [1.29, 1.82) is 0 Å². The number of fused-ring (bicyclic) bond motifs is 1. The molecule has 3 heterocycles. The zero-order valence-electron chi connectivity index (χ0n) is 19.2. The molecule has 33 heavy (non-hydrogen) atoms. The zero-order chi connectivity index (χ0) is 22.9. The first-order valence-corrected chi connectivity index (χ1v) is 12.7. The van der Waals surface area contributed by atoms with E-state index in [0.717, 1.165) is 30.0 Å². The number of thiophene rings is 1. The summed E-state index contributed by atoms with van der Waals surface area (Å²) in [6, 6.07) is 22.0. The van der Waals surface area contributed by atoms with E-state index < -0.39 is 0 Å². The summed E-state index contributed by atoms with van der Waals surface area (Å²) in [6.07, 6.45) is 0.975. The Balaban J connectivity index is 1.54. The fourth-order valence-electron chi connectivity index (χ4n) is 5.38. The van der Waals surface area contributed by atoms with Crippen molar-refractivity contribution in [3.05, 3.63) is 93.7 Å². The third-order valence-corrected chi connectivity index (χ3v) is 7.82. The van der Waals surface area contributed by atoms with E-state index >= 15 is 0 Å². The van der Waals surface area contributed by atoms with Gasteiger partial charge in [0.1, 0.15) is 0 Å². The quantitative estimate of drug-likeness (QED) is 0.492. The van der Waals surface area contributed by atoms with E-state index in [9.17, 15) is 9.59 Å². The van der Waals surface area contributed by atoms with E-state index in [1.807, 2.05) is 51.6 Å². The summed E-state index contributed by atoms with van der Waals surface area (Å²) in [5.74, 6) is 0.464. The lowest BCUT2D eigenvalue weighted by molar-refractivity contribution is -0.133. The summed E-state index contributed by atoms with van der Waals surface area (Å²) in [5, 5.41) is 2.04. The Morgan fingerprint density at radius 3 is 2.52 bits per heavy atom. The van der Waals surface area contributed by atoms with Crippen LogP contribution in [0.1, 0.15) is 64.5 Å². The van der Waals surface area contributed by atoms with Crippen molar-refractivity contribution < 1.29 is 9.59 Å². The number of amides is 2. The summed E-state index contributed by atoms with van der Waals surface area (Å²) in [4.78, 5) is 32.8. The highest BCUT2D eigenvalue weighted by Gasteiger charge is 2.46. The van der Waals surface area contributed by atoms with Crippen molar-refractivity contribution in [2.24, 2.45) is 5.92 Å². The van der Waals surface area contributed by atoms with Crippen molar-refractivity contribution in [3.63, 3.8) is 0 Å². The standard InChI is InChI=1S/C28H30N2O2S/c1-19(2)17-30-26(24-13-8-16-33-24)25(22-11-6-7-12-23(22)27(30)31)28(32)29-15-14-21(18-29)20-9-4-3-5-10-20/h3-13,16,19,21,25-26H,14-15,17-18H2,1-2H3/t21-,25-,26-/m0/s1. The summed E-state index contributed by atoms with van der Waals surface area (Å²) in [6.45, 7) is 6.37. The molecule has 4 nitrogen and oxygen atoms in total. The Bertz CT molecular complexity index is 1130. The Kier molecular flexibility index (Phi) is 6.07. The lowest BCUT2D eigenvalue weighted by Gasteiger charge is -2.43. The van der Waals surface area contributed by atoms with Crippen LogP contribution < -0.4 is 0 Å². The average Bonchev–Trinajstić information content (AvgIpc) is 3.53. The van der Waals surface area contributed by atoms with Crippen LogP contribution in [0.2, 0.25) is 0 Å². The number of rotatable bonds is 5. The van der Waals surface area contributed by atoms with Crippen LogP contribution in [0.5, 0.6) is 0 Å². The van der Waals surface area contributed by atoms with Crippen molar-refractivity contribution >= 4 is 23.2 Å². The molecule has 2 aliphatic heterocycles. The number of hydrogen-bond donors (Lipinski definition) is 0. The molecule has 0 aliphatic carbocycles. The maximum atomic E-state index is 14.2. The second-order valence-corrected chi connectivity index (χ2v) is 10.5. The molecule has 0 N–H and O–H groups in total. The van der Waals surface area contributed by atoms with Crippen molar-refractivity contribution in [1.82, 2.24) is 9.80 Å². The van der Waals surface area contributed by atoms with Gasteiger partial charge in [-0.25, -0.2) is 0 Å². The van der Waals surface area contributed by atoms with Crippen molar-refractivity contribution in [2.45, 2.75) is 38.1 Å². The molecule has 0 spiro atoms. The van der Waals surface area contributed by atoms with Crippen LogP contribution in [-0.2, 0) is 4.79 Å². The average molecular weight is 459 g/mol. The SMILES string of the molecule is CC(C)CN1C(=O)c2ccccc2[C@H](C(=O)N2CC[C@H](c3ccccc3)C2)[C@@H]1c1cccs1. The topological polar surface area (TPSA) is 40.6 Å². The minimum atomic E-state index is -0.383. The molecule has 0 bridgehead atoms. The minimum absolute atomic E-state index is 0.0327. The van der Waals surface area contributed by atoms with Gasteiger partial charge in [0.15, 0.2) is 0 Å². The number of carbonyl (C=O) groups excluding carboxylic acids is 2. The normalized spacial score (nSPS) is 22.6. The van der Waals surface area contributed by atoms with E-state index in [0.29, 0.717) is 23.9 Å². The van der Waals surface area contributed by atoms with Crippen LogP contribution in [0.25, 0.3) is 0 Å². The lowest BCUT2D eigenvalue weighted by Crippen LogP contribution is -2.48. The van der Waals surface area contributed by atoms with Crippen LogP contribution in [0, 0.1) is 5.92 Å². The first-order valence-electron chi connectivity index (χ1n) is 11.8. The van der Waals surface area contributed by atoms with Gasteiger partial charge in [0.25, 0.3) is 5.91 Å². The summed E-state index contributed by atoms with van der Waals surface area (Å²) < 4.78 is 0. The molecule has 0 radical (unpaired) electrons. The van der Waals surface area contributed by atoms with E-state index in [2.05, 4.69) is 44.2 Å². The number of hydrogen-bond acceptors (Lipinski definition) is 3. The van der Waals surface area contributed by atoms with Gasteiger partial charge in [-0.15, -0.1) is 11.3 Å². The molecule has 2 aromatic carbocycles. The predicted molar refractivity (Wildman–Crippen MR) is 132 cm³/mol. The number of likely N-dealkylation sites (tertiary alicyclic amines) is 1. The van der Waals surface area contributed by atoms with Gasteiger partial charge in [-0.2, -0.15) is 0 Å². The smallest absolute Gasteiger partial charge is 0.254 e. The highest BCUT2D eigenvalue weighted by Crippen LogP contribution is 2.46. The van der Waals surface area contributed by atoms with E-state index in [1.54, 1.807) is 11.3 Å². The van der Waals surface area contributed by atoms with E-state index in [-0.39, 0.29) is 23.8 Å². The van der Waals surface area contributed by atoms with Gasteiger partial charge in [-0.3, -0.25) is 9.59 Å². The maximum Gasteiger partial charge on any atom is 0.254 e. The van der Waals surface area contributed by atoms with Gasteiger partial charge in [-0.05, 0) is 41.0 Å². The molecule has 1 fully saturated rings. The van der Waals surface area contributed by atoms with Crippen LogP contribution >= 0.6 is 11.3 Å². The number of benzene rings is 2. The second kappa shape index (κ2) is 9.14.